The molecular formula is C17H26N2O2S. The largest absolute Gasteiger partial charge is 0.345 e. The molecule has 0 aliphatic rings. The summed E-state index contributed by atoms with van der Waals surface area (Å²) in [4.78, 5) is 24.1. The van der Waals surface area contributed by atoms with Crippen LogP contribution in [0.3, 0.4) is 0 Å². The highest BCUT2D eigenvalue weighted by Gasteiger charge is 2.22. The molecule has 4 nitrogen and oxygen atoms in total. The van der Waals surface area contributed by atoms with Gasteiger partial charge in [0.05, 0.1) is 12.1 Å². The quantitative estimate of drug-likeness (QED) is 0.730. The van der Waals surface area contributed by atoms with E-state index in [9.17, 15) is 9.59 Å². The number of carbonyl (C=O) groups excluding carboxylic acids is 2. The van der Waals surface area contributed by atoms with Crippen LogP contribution in [0, 0.1) is 6.92 Å². The Hall–Kier alpha value is -1.33. The van der Waals surface area contributed by atoms with Crippen molar-refractivity contribution in [1.82, 2.24) is 10.6 Å². The van der Waals surface area contributed by atoms with Gasteiger partial charge in [-0.25, -0.2) is 0 Å². The van der Waals surface area contributed by atoms with Gasteiger partial charge in [0.15, 0.2) is 5.78 Å². The number of carbonyl (C=O) groups is 2. The molecule has 0 saturated carbocycles. The summed E-state index contributed by atoms with van der Waals surface area (Å²) in [5.74, 6) is 0.741. The number of amides is 1. The summed E-state index contributed by atoms with van der Waals surface area (Å²) in [6.07, 6.45) is 3.27. The lowest BCUT2D eigenvalue weighted by atomic mass is 10.0. The van der Waals surface area contributed by atoms with Crippen LogP contribution in [-0.2, 0) is 16.0 Å². The molecule has 1 aromatic rings. The van der Waals surface area contributed by atoms with Crippen LogP contribution in [0.2, 0.25) is 0 Å². The molecule has 1 amide bonds. The summed E-state index contributed by atoms with van der Waals surface area (Å²) < 4.78 is 0. The minimum Gasteiger partial charge on any atom is -0.345 e. The van der Waals surface area contributed by atoms with Crippen LogP contribution in [0.4, 0.5) is 0 Å². The number of ketones is 1. The van der Waals surface area contributed by atoms with Crippen molar-refractivity contribution in [2.45, 2.75) is 38.8 Å². The summed E-state index contributed by atoms with van der Waals surface area (Å²) in [6.45, 7) is 3.56. The van der Waals surface area contributed by atoms with Crippen molar-refractivity contribution in [3.63, 3.8) is 0 Å². The first-order valence-electron chi connectivity index (χ1n) is 7.50. The predicted molar refractivity (Wildman–Crippen MR) is 93.3 cm³/mol. The fourth-order valence-electron chi connectivity index (χ4n) is 2.29. The highest BCUT2D eigenvalue weighted by atomic mass is 32.2. The average Bonchev–Trinajstić information content (AvgIpc) is 2.48. The van der Waals surface area contributed by atoms with Gasteiger partial charge in [-0.1, -0.05) is 29.8 Å². The molecule has 0 bridgehead atoms. The van der Waals surface area contributed by atoms with E-state index < -0.39 is 6.04 Å². The molecule has 0 aromatic heterocycles. The Labute approximate surface area is 137 Å². The normalized spacial score (nSPS) is 13.5. The van der Waals surface area contributed by atoms with Gasteiger partial charge < -0.3 is 10.6 Å². The van der Waals surface area contributed by atoms with Crippen molar-refractivity contribution in [2.24, 2.45) is 0 Å². The lowest BCUT2D eigenvalue weighted by Crippen LogP contribution is -2.50. The fourth-order valence-corrected chi connectivity index (χ4v) is 2.76. The van der Waals surface area contributed by atoms with Crippen molar-refractivity contribution in [2.75, 3.05) is 19.1 Å². The predicted octanol–water partition coefficient (Wildman–Crippen LogP) is 1.95. The second kappa shape index (κ2) is 9.64. The van der Waals surface area contributed by atoms with Crippen molar-refractivity contribution in [1.29, 1.82) is 0 Å². The van der Waals surface area contributed by atoms with Gasteiger partial charge >= 0.3 is 0 Å². The molecule has 0 aliphatic heterocycles. The maximum absolute atomic E-state index is 12.4. The molecule has 0 fully saturated rings. The highest BCUT2D eigenvalue weighted by Crippen LogP contribution is 2.08. The van der Waals surface area contributed by atoms with Crippen LogP contribution < -0.4 is 10.6 Å². The standard InChI is InChI=1S/C17H26N2O2S/c1-12-6-5-7-14(10-12)11-16(18-3)17(21)19-15(13(2)20)8-9-22-4/h5-7,10,15-16,18H,8-9,11H2,1-4H3,(H,19,21)/t15-,16-/m0/s1. The zero-order valence-corrected chi connectivity index (χ0v) is 14.6. The van der Waals surface area contributed by atoms with E-state index in [-0.39, 0.29) is 17.7 Å². The molecule has 0 saturated heterocycles. The number of thioether (sulfide) groups is 1. The summed E-state index contributed by atoms with van der Waals surface area (Å²) in [7, 11) is 1.77. The zero-order chi connectivity index (χ0) is 16.5. The molecule has 22 heavy (non-hydrogen) atoms. The van der Waals surface area contributed by atoms with Gasteiger partial charge in [-0.15, -0.1) is 0 Å². The van der Waals surface area contributed by atoms with Crippen molar-refractivity contribution in [3.05, 3.63) is 35.4 Å². The van der Waals surface area contributed by atoms with Gasteiger partial charge in [-0.3, -0.25) is 9.59 Å². The molecule has 1 aromatic carbocycles. The van der Waals surface area contributed by atoms with Gasteiger partial charge in [0.1, 0.15) is 0 Å². The smallest absolute Gasteiger partial charge is 0.238 e. The number of aryl methyl sites for hydroxylation is 1. The summed E-state index contributed by atoms with van der Waals surface area (Å²) >= 11 is 1.67. The molecule has 2 N–H and O–H groups in total. The van der Waals surface area contributed by atoms with E-state index in [0.717, 1.165) is 11.3 Å². The number of benzene rings is 1. The third-order valence-electron chi connectivity index (χ3n) is 3.61. The maximum atomic E-state index is 12.4. The lowest BCUT2D eigenvalue weighted by Gasteiger charge is -2.21. The molecule has 5 heteroatoms. The van der Waals surface area contributed by atoms with E-state index in [0.29, 0.717) is 12.8 Å². The molecule has 0 spiro atoms. The van der Waals surface area contributed by atoms with Gasteiger partial charge in [0.25, 0.3) is 0 Å². The van der Waals surface area contributed by atoms with Gasteiger partial charge in [-0.2, -0.15) is 11.8 Å². The third kappa shape index (κ3) is 6.20. The molecule has 1 rings (SSSR count). The Morgan fingerprint density at radius 1 is 1.27 bits per heavy atom. The van der Waals surface area contributed by atoms with E-state index in [1.807, 2.05) is 31.4 Å². The Morgan fingerprint density at radius 3 is 2.55 bits per heavy atom. The molecule has 0 radical (unpaired) electrons. The average molecular weight is 322 g/mol. The van der Waals surface area contributed by atoms with Crippen LogP contribution in [-0.4, -0.2) is 42.8 Å². The van der Waals surface area contributed by atoms with Crippen molar-refractivity contribution >= 4 is 23.5 Å². The van der Waals surface area contributed by atoms with Crippen LogP contribution in [0.25, 0.3) is 0 Å². The maximum Gasteiger partial charge on any atom is 0.238 e. The lowest BCUT2D eigenvalue weighted by molar-refractivity contribution is -0.128. The number of hydrogen-bond acceptors (Lipinski definition) is 4. The first-order valence-corrected chi connectivity index (χ1v) is 8.90. The monoisotopic (exact) mass is 322 g/mol. The Kier molecular flexibility index (Phi) is 8.20. The van der Waals surface area contributed by atoms with Gasteiger partial charge in [0, 0.05) is 0 Å². The second-order valence-electron chi connectivity index (χ2n) is 5.49. The van der Waals surface area contributed by atoms with E-state index in [4.69, 9.17) is 0 Å². The number of rotatable bonds is 9. The first-order chi connectivity index (χ1) is 10.5. The number of Topliss-reactive ketones (excluding diaryl/α,β-unsaturated/α-hetero) is 1. The van der Waals surface area contributed by atoms with Gasteiger partial charge in [-0.05, 0) is 51.3 Å². The van der Waals surface area contributed by atoms with E-state index in [2.05, 4.69) is 16.7 Å². The van der Waals surface area contributed by atoms with Crippen LogP contribution in [0.15, 0.2) is 24.3 Å². The second-order valence-corrected chi connectivity index (χ2v) is 6.47. The summed E-state index contributed by atoms with van der Waals surface area (Å²) in [5, 5.41) is 5.91. The summed E-state index contributed by atoms with van der Waals surface area (Å²) in [6, 6.07) is 7.39. The number of hydrogen-bond donors (Lipinski definition) is 2. The Bertz CT molecular complexity index is 505. The van der Waals surface area contributed by atoms with Crippen molar-refractivity contribution < 1.29 is 9.59 Å². The molecule has 0 unspecified atom stereocenters. The molecule has 122 valence electrons. The van der Waals surface area contributed by atoms with Gasteiger partial charge in [0.2, 0.25) is 5.91 Å². The fraction of sp³-hybridized carbons (Fsp3) is 0.529. The van der Waals surface area contributed by atoms with Crippen LogP contribution in [0.5, 0.6) is 0 Å². The number of likely N-dealkylation sites (N-methyl/N-ethyl adjacent to an activating group) is 1. The van der Waals surface area contributed by atoms with Crippen molar-refractivity contribution in [3.8, 4) is 0 Å². The molecule has 0 heterocycles. The Balaban J connectivity index is 2.68. The van der Waals surface area contributed by atoms with E-state index in [1.54, 1.807) is 18.8 Å². The molecule has 0 aliphatic carbocycles. The Morgan fingerprint density at radius 2 is 2.00 bits per heavy atom. The van der Waals surface area contributed by atoms with E-state index in [1.165, 1.54) is 12.5 Å². The number of nitrogens with one attached hydrogen (secondary N) is 2. The summed E-state index contributed by atoms with van der Waals surface area (Å²) in [5.41, 5.74) is 2.28. The SMILES string of the molecule is CN[C@@H](Cc1cccc(C)c1)C(=O)N[C@@H](CCSC)C(C)=O. The van der Waals surface area contributed by atoms with Crippen LogP contribution in [0.1, 0.15) is 24.5 Å². The van der Waals surface area contributed by atoms with E-state index >= 15 is 0 Å². The zero-order valence-electron chi connectivity index (χ0n) is 13.8. The topological polar surface area (TPSA) is 58.2 Å². The molecular weight excluding hydrogens is 296 g/mol. The minimum atomic E-state index is -0.395. The molecule has 2 atom stereocenters. The third-order valence-corrected chi connectivity index (χ3v) is 4.25. The minimum absolute atomic E-state index is 0.00723. The van der Waals surface area contributed by atoms with Crippen LogP contribution >= 0.6 is 11.8 Å². The first kappa shape index (κ1) is 18.7. The highest BCUT2D eigenvalue weighted by molar-refractivity contribution is 7.98.